The van der Waals surface area contributed by atoms with E-state index in [1.807, 2.05) is 36.4 Å². The van der Waals surface area contributed by atoms with E-state index in [0.29, 0.717) is 5.02 Å². The number of hydrogen-bond donors (Lipinski definition) is 0. The Morgan fingerprint density at radius 2 is 1.43 bits per heavy atom. The normalized spacial score (nSPS) is 12.6. The first-order valence-corrected chi connectivity index (χ1v) is 8.74. The van der Waals surface area contributed by atoms with Gasteiger partial charge in [-0.25, -0.2) is 0 Å². The minimum atomic E-state index is -0.268. The van der Waals surface area contributed by atoms with E-state index in [1.165, 1.54) is 0 Å². The fourth-order valence-electron chi connectivity index (χ4n) is 2.38. The van der Waals surface area contributed by atoms with Crippen LogP contribution in [0, 0.1) is 0 Å². The molecule has 3 aromatic rings. The maximum atomic E-state index is 6.74. The quantitative estimate of drug-likeness (QED) is 0.362. The van der Waals surface area contributed by atoms with Crippen molar-refractivity contribution in [3.05, 3.63) is 79.7 Å². The van der Waals surface area contributed by atoms with Crippen molar-refractivity contribution < 1.29 is 0 Å². The third kappa shape index (κ3) is 3.00. The summed E-state index contributed by atoms with van der Waals surface area (Å²) in [7, 11) is 0. The summed E-state index contributed by atoms with van der Waals surface area (Å²) in [5.74, 6) is 0. The number of alkyl halides is 1. The van der Waals surface area contributed by atoms with Gasteiger partial charge < -0.3 is 0 Å². The molecule has 0 aromatic heterocycles. The first-order valence-electron chi connectivity index (χ1n) is 6.34. The number of fused-ring (bicyclic) bond motifs is 1. The van der Waals surface area contributed by atoms with Crippen molar-refractivity contribution in [1.29, 1.82) is 0 Å². The summed E-state index contributed by atoms with van der Waals surface area (Å²) >= 11 is 20.0. The van der Waals surface area contributed by atoms with E-state index in [0.717, 1.165) is 30.8 Å². The van der Waals surface area contributed by atoms with Crippen molar-refractivity contribution >= 4 is 65.8 Å². The minimum absolute atomic E-state index is 0.268. The Kier molecular flexibility index (Phi) is 4.60. The Labute approximate surface area is 150 Å². The molecule has 106 valence electrons. The van der Waals surface area contributed by atoms with Crippen LogP contribution in [0.5, 0.6) is 0 Å². The van der Waals surface area contributed by atoms with Gasteiger partial charge in [0.05, 0.1) is 5.38 Å². The maximum Gasteiger partial charge on any atom is 0.0852 e. The highest BCUT2D eigenvalue weighted by atomic mass is 79.9. The molecule has 4 heteroatoms. The lowest BCUT2D eigenvalue weighted by atomic mass is 9.98. The SMILES string of the molecule is Clc1ccc(Br)c(C(Cl)c2ccc(Br)c3ccccc23)c1. The van der Waals surface area contributed by atoms with Crippen LogP contribution < -0.4 is 0 Å². The predicted octanol–water partition coefficient (Wildman–Crippen LogP) is 7.35. The fourth-order valence-corrected chi connectivity index (χ4v) is 4.02. The predicted molar refractivity (Wildman–Crippen MR) is 98.5 cm³/mol. The number of benzene rings is 3. The molecule has 1 unspecified atom stereocenters. The fraction of sp³-hybridized carbons (Fsp3) is 0.0588. The van der Waals surface area contributed by atoms with Crippen molar-refractivity contribution in [2.24, 2.45) is 0 Å². The molecule has 3 rings (SSSR count). The summed E-state index contributed by atoms with van der Waals surface area (Å²) in [6.07, 6.45) is 0. The second kappa shape index (κ2) is 6.29. The summed E-state index contributed by atoms with van der Waals surface area (Å²) in [5, 5.41) is 2.70. The lowest BCUT2D eigenvalue weighted by molar-refractivity contribution is 1.14. The van der Waals surface area contributed by atoms with Crippen LogP contribution in [0.2, 0.25) is 5.02 Å². The smallest absolute Gasteiger partial charge is 0.0852 e. The molecule has 0 saturated carbocycles. The third-order valence-electron chi connectivity index (χ3n) is 3.41. The van der Waals surface area contributed by atoms with E-state index in [9.17, 15) is 0 Å². The van der Waals surface area contributed by atoms with Gasteiger partial charge >= 0.3 is 0 Å². The van der Waals surface area contributed by atoms with Crippen LogP contribution in [0.15, 0.2) is 63.5 Å². The lowest BCUT2D eigenvalue weighted by Crippen LogP contribution is -1.96. The van der Waals surface area contributed by atoms with Gasteiger partial charge in [-0.1, -0.05) is 73.8 Å². The highest BCUT2D eigenvalue weighted by Crippen LogP contribution is 2.39. The number of rotatable bonds is 2. The van der Waals surface area contributed by atoms with Crippen molar-refractivity contribution in [3.63, 3.8) is 0 Å². The molecule has 0 radical (unpaired) electrons. The van der Waals surface area contributed by atoms with E-state index in [4.69, 9.17) is 23.2 Å². The van der Waals surface area contributed by atoms with Crippen LogP contribution in [0.25, 0.3) is 10.8 Å². The Hall–Kier alpha value is -0.540. The molecule has 1 atom stereocenters. The number of hydrogen-bond acceptors (Lipinski definition) is 0. The van der Waals surface area contributed by atoms with Crippen molar-refractivity contribution in [2.75, 3.05) is 0 Å². The van der Waals surface area contributed by atoms with Crippen LogP contribution in [0.1, 0.15) is 16.5 Å². The first kappa shape index (κ1) is 15.4. The largest absolute Gasteiger partial charge is 0.113 e. The Morgan fingerprint density at radius 3 is 2.19 bits per heavy atom. The molecule has 0 heterocycles. The summed E-state index contributed by atoms with van der Waals surface area (Å²) in [6.45, 7) is 0. The Balaban J connectivity index is 2.20. The molecule has 0 fully saturated rings. The van der Waals surface area contributed by atoms with Gasteiger partial charge in [-0.2, -0.15) is 0 Å². The van der Waals surface area contributed by atoms with E-state index in [1.54, 1.807) is 0 Å². The standard InChI is InChI=1S/C17H10Br2Cl2/c18-15-8-6-13(11-3-1-2-4-12(11)15)17(21)14-9-10(20)5-7-16(14)19/h1-9,17H. The minimum Gasteiger partial charge on any atom is -0.113 e. The van der Waals surface area contributed by atoms with Crippen LogP contribution in [-0.4, -0.2) is 0 Å². The lowest BCUT2D eigenvalue weighted by Gasteiger charge is -2.16. The van der Waals surface area contributed by atoms with Crippen LogP contribution >= 0.6 is 55.1 Å². The molecule has 0 aliphatic heterocycles. The molecule has 21 heavy (non-hydrogen) atoms. The zero-order chi connectivity index (χ0) is 15.0. The average Bonchev–Trinajstić information content (AvgIpc) is 2.50. The molecule has 0 saturated heterocycles. The van der Waals surface area contributed by atoms with Gasteiger partial charge in [0.15, 0.2) is 0 Å². The molecule has 0 N–H and O–H groups in total. The first-order chi connectivity index (χ1) is 10.1. The zero-order valence-electron chi connectivity index (χ0n) is 10.8. The maximum absolute atomic E-state index is 6.74. The number of halogens is 4. The van der Waals surface area contributed by atoms with E-state index >= 15 is 0 Å². The molecule has 0 aliphatic rings. The second-order valence-corrected chi connectivity index (χ2v) is 7.29. The van der Waals surface area contributed by atoms with Crippen LogP contribution in [0.4, 0.5) is 0 Å². The second-order valence-electron chi connectivity index (χ2n) is 4.71. The van der Waals surface area contributed by atoms with E-state index < -0.39 is 0 Å². The van der Waals surface area contributed by atoms with Crippen molar-refractivity contribution in [2.45, 2.75) is 5.38 Å². The highest BCUT2D eigenvalue weighted by Gasteiger charge is 2.17. The molecule has 0 aliphatic carbocycles. The third-order valence-corrected chi connectivity index (χ3v) is 5.53. The van der Waals surface area contributed by atoms with Gasteiger partial charge in [-0.15, -0.1) is 11.6 Å². The average molecular weight is 445 g/mol. The highest BCUT2D eigenvalue weighted by molar-refractivity contribution is 9.11. The van der Waals surface area contributed by atoms with Gasteiger partial charge in [0.2, 0.25) is 0 Å². The van der Waals surface area contributed by atoms with Gasteiger partial charge in [-0.3, -0.25) is 0 Å². The Bertz CT molecular complexity index is 815. The van der Waals surface area contributed by atoms with Gasteiger partial charge in [0.1, 0.15) is 0 Å². The molecule has 0 spiro atoms. The van der Waals surface area contributed by atoms with E-state index in [-0.39, 0.29) is 5.38 Å². The van der Waals surface area contributed by atoms with Gasteiger partial charge in [0.25, 0.3) is 0 Å². The molecule has 0 nitrogen and oxygen atoms in total. The summed E-state index contributed by atoms with van der Waals surface area (Å²) in [4.78, 5) is 0. The summed E-state index contributed by atoms with van der Waals surface area (Å²) in [6, 6.07) is 18.0. The topological polar surface area (TPSA) is 0 Å². The van der Waals surface area contributed by atoms with Crippen LogP contribution in [-0.2, 0) is 0 Å². The molecular formula is C17H10Br2Cl2. The molecular weight excluding hydrogens is 435 g/mol. The van der Waals surface area contributed by atoms with Crippen molar-refractivity contribution in [3.8, 4) is 0 Å². The van der Waals surface area contributed by atoms with E-state index in [2.05, 4.69) is 50.1 Å². The Morgan fingerprint density at radius 1 is 0.762 bits per heavy atom. The molecule has 0 bridgehead atoms. The van der Waals surface area contributed by atoms with Crippen LogP contribution in [0.3, 0.4) is 0 Å². The summed E-state index contributed by atoms with van der Waals surface area (Å²) < 4.78 is 2.02. The van der Waals surface area contributed by atoms with Gasteiger partial charge in [-0.05, 0) is 46.2 Å². The van der Waals surface area contributed by atoms with Crippen molar-refractivity contribution in [1.82, 2.24) is 0 Å². The summed E-state index contributed by atoms with van der Waals surface area (Å²) in [5.41, 5.74) is 2.04. The zero-order valence-corrected chi connectivity index (χ0v) is 15.5. The molecule has 3 aromatic carbocycles. The van der Waals surface area contributed by atoms with Gasteiger partial charge in [0, 0.05) is 14.0 Å². The monoisotopic (exact) mass is 442 g/mol. The molecule has 0 amide bonds.